The molecule has 0 saturated heterocycles. The highest BCUT2D eigenvalue weighted by Gasteiger charge is 2.23. The smallest absolute Gasteiger partial charge is 0.340 e. The Balaban J connectivity index is 1.65. The van der Waals surface area contributed by atoms with Crippen LogP contribution in [0, 0.1) is 0 Å². The third-order valence-corrected chi connectivity index (χ3v) is 5.70. The Morgan fingerprint density at radius 2 is 1.84 bits per heavy atom. The minimum absolute atomic E-state index is 0.409. The van der Waals surface area contributed by atoms with Crippen LogP contribution in [0.5, 0.6) is 0 Å². The predicted octanol–water partition coefficient (Wildman–Crippen LogP) is 4.42. The number of carbonyl (C=O) groups excluding carboxylic acids is 1. The van der Waals surface area contributed by atoms with Gasteiger partial charge in [-0.3, -0.25) is 4.98 Å². The molecule has 0 amide bonds. The van der Waals surface area contributed by atoms with Crippen molar-refractivity contribution in [2.24, 2.45) is 0 Å². The van der Waals surface area contributed by atoms with Crippen molar-refractivity contribution < 1.29 is 9.53 Å². The molecule has 5 aromatic rings. The van der Waals surface area contributed by atoms with Crippen molar-refractivity contribution in [3.63, 3.8) is 0 Å². The first-order valence-electron chi connectivity index (χ1n) is 9.60. The Morgan fingerprint density at radius 3 is 2.65 bits per heavy atom. The van der Waals surface area contributed by atoms with E-state index in [-0.39, 0.29) is 0 Å². The number of carbonyl (C=O) groups is 1. The molecule has 0 aliphatic carbocycles. The van der Waals surface area contributed by atoms with Crippen LogP contribution < -0.4 is 0 Å². The molecule has 0 spiro atoms. The van der Waals surface area contributed by atoms with Gasteiger partial charge in [0.2, 0.25) is 5.16 Å². The minimum Gasteiger partial charge on any atom is -0.465 e. The summed E-state index contributed by atoms with van der Waals surface area (Å²) in [5, 5.41) is 5.89. The molecule has 0 fully saturated rings. The van der Waals surface area contributed by atoms with E-state index in [9.17, 15) is 4.79 Å². The normalized spacial score (nSPS) is 11.1. The summed E-state index contributed by atoms with van der Waals surface area (Å²) in [6, 6.07) is 19.4. The lowest BCUT2D eigenvalue weighted by Gasteiger charge is -2.15. The molecule has 0 unspecified atom stereocenters. The number of para-hydroxylation sites is 1. The van der Waals surface area contributed by atoms with Crippen LogP contribution in [0.3, 0.4) is 0 Å². The zero-order chi connectivity index (χ0) is 21.2. The molecule has 0 aliphatic rings. The lowest BCUT2D eigenvalue weighted by atomic mass is 9.94. The fraction of sp³-hybridized carbons (Fsp3) is 0.0870. The summed E-state index contributed by atoms with van der Waals surface area (Å²) in [4.78, 5) is 26.3. The van der Waals surface area contributed by atoms with E-state index in [1.54, 1.807) is 23.0 Å². The molecule has 3 aromatic heterocycles. The van der Waals surface area contributed by atoms with Crippen LogP contribution in [0.15, 0.2) is 78.2 Å². The van der Waals surface area contributed by atoms with E-state index in [0.29, 0.717) is 27.9 Å². The van der Waals surface area contributed by atoms with Gasteiger partial charge in [-0.2, -0.15) is 4.98 Å². The van der Waals surface area contributed by atoms with Crippen LogP contribution in [0.1, 0.15) is 16.1 Å². The van der Waals surface area contributed by atoms with Crippen molar-refractivity contribution >= 4 is 34.4 Å². The molecule has 152 valence electrons. The number of pyridine rings is 1. The number of fused-ring (bicyclic) bond motifs is 2. The number of aromatic nitrogens is 5. The maximum absolute atomic E-state index is 12.9. The molecule has 0 aliphatic heterocycles. The molecule has 0 radical (unpaired) electrons. The van der Waals surface area contributed by atoms with Crippen LogP contribution in [0.25, 0.3) is 27.8 Å². The molecule has 7 nitrogen and oxygen atoms in total. The van der Waals surface area contributed by atoms with E-state index in [2.05, 4.69) is 15.1 Å². The summed E-state index contributed by atoms with van der Waals surface area (Å²) >= 11 is 1.40. The van der Waals surface area contributed by atoms with E-state index < -0.39 is 5.97 Å². The summed E-state index contributed by atoms with van der Waals surface area (Å²) in [5.41, 5.74) is 3.65. The third kappa shape index (κ3) is 3.62. The van der Waals surface area contributed by atoms with Crippen molar-refractivity contribution in [2.45, 2.75) is 10.9 Å². The van der Waals surface area contributed by atoms with Gasteiger partial charge in [0.1, 0.15) is 0 Å². The van der Waals surface area contributed by atoms with Gasteiger partial charge in [0.05, 0.1) is 23.9 Å². The number of hydrogen-bond acceptors (Lipinski definition) is 7. The minimum atomic E-state index is -0.419. The molecular weight excluding hydrogens is 410 g/mol. The summed E-state index contributed by atoms with van der Waals surface area (Å²) in [5.74, 6) is 0.512. The quantitative estimate of drug-likeness (QED) is 0.303. The van der Waals surface area contributed by atoms with Crippen molar-refractivity contribution in [3.05, 3.63) is 84.3 Å². The standard InChI is InChI=1S/C23H17N5O2S/c1-30-21(29)20-18(14-31-23-26-22-24-12-7-13-28(22)27-23)25-17-11-6-5-10-16(17)19(20)15-8-3-2-4-9-15/h2-13H,14H2,1H3. The topological polar surface area (TPSA) is 82.3 Å². The van der Waals surface area contributed by atoms with Gasteiger partial charge in [0, 0.05) is 29.1 Å². The highest BCUT2D eigenvalue weighted by Crippen LogP contribution is 2.35. The zero-order valence-corrected chi connectivity index (χ0v) is 17.4. The highest BCUT2D eigenvalue weighted by molar-refractivity contribution is 7.98. The molecular formula is C23H17N5O2S. The van der Waals surface area contributed by atoms with Crippen LogP contribution in [-0.2, 0) is 10.5 Å². The lowest BCUT2D eigenvalue weighted by Crippen LogP contribution is -2.10. The SMILES string of the molecule is COC(=O)c1c(CSc2nc3ncccn3n2)nc2ccccc2c1-c1ccccc1. The second-order valence-corrected chi connectivity index (χ2v) is 7.67. The molecule has 0 saturated carbocycles. The average molecular weight is 427 g/mol. The van der Waals surface area contributed by atoms with Crippen molar-refractivity contribution in [1.82, 2.24) is 24.6 Å². The molecule has 31 heavy (non-hydrogen) atoms. The lowest BCUT2D eigenvalue weighted by molar-refractivity contribution is 0.0600. The maximum Gasteiger partial charge on any atom is 0.340 e. The highest BCUT2D eigenvalue weighted by atomic mass is 32.2. The second kappa shape index (κ2) is 8.16. The number of benzene rings is 2. The Morgan fingerprint density at radius 1 is 1.03 bits per heavy atom. The number of thioether (sulfide) groups is 1. The van der Waals surface area contributed by atoms with E-state index in [0.717, 1.165) is 22.0 Å². The molecule has 3 heterocycles. The van der Waals surface area contributed by atoms with Gasteiger partial charge in [-0.05, 0) is 17.7 Å². The van der Waals surface area contributed by atoms with Gasteiger partial charge in [0.15, 0.2) is 0 Å². The first-order valence-corrected chi connectivity index (χ1v) is 10.6. The van der Waals surface area contributed by atoms with E-state index >= 15 is 0 Å². The number of rotatable bonds is 5. The van der Waals surface area contributed by atoms with Gasteiger partial charge in [0.25, 0.3) is 5.78 Å². The molecule has 2 aromatic carbocycles. The Hall–Kier alpha value is -3.78. The number of hydrogen-bond donors (Lipinski definition) is 0. The number of ether oxygens (including phenoxy) is 1. The largest absolute Gasteiger partial charge is 0.465 e. The Kier molecular flexibility index (Phi) is 5.05. The molecule has 0 bridgehead atoms. The predicted molar refractivity (Wildman–Crippen MR) is 119 cm³/mol. The number of methoxy groups -OCH3 is 1. The van der Waals surface area contributed by atoms with Gasteiger partial charge in [-0.15, -0.1) is 5.10 Å². The molecule has 0 atom stereocenters. The maximum atomic E-state index is 12.9. The average Bonchev–Trinajstić information content (AvgIpc) is 3.25. The first-order chi connectivity index (χ1) is 15.2. The van der Waals surface area contributed by atoms with Crippen molar-refractivity contribution in [1.29, 1.82) is 0 Å². The van der Waals surface area contributed by atoms with Crippen LogP contribution in [-0.4, -0.2) is 37.6 Å². The van der Waals surface area contributed by atoms with Gasteiger partial charge in [-0.1, -0.05) is 60.3 Å². The Labute approximate surface area is 182 Å². The molecule has 0 N–H and O–H groups in total. The fourth-order valence-electron chi connectivity index (χ4n) is 3.50. The first kappa shape index (κ1) is 19.2. The molecule has 8 heteroatoms. The van der Waals surface area contributed by atoms with Gasteiger partial charge < -0.3 is 4.74 Å². The van der Waals surface area contributed by atoms with Crippen molar-refractivity contribution in [3.8, 4) is 11.1 Å². The number of esters is 1. The summed E-state index contributed by atoms with van der Waals surface area (Å²) in [6.45, 7) is 0. The summed E-state index contributed by atoms with van der Waals surface area (Å²) < 4.78 is 6.77. The van der Waals surface area contributed by atoms with Gasteiger partial charge in [-0.25, -0.2) is 14.3 Å². The van der Waals surface area contributed by atoms with Crippen LogP contribution in [0.2, 0.25) is 0 Å². The monoisotopic (exact) mass is 427 g/mol. The zero-order valence-electron chi connectivity index (χ0n) is 16.6. The third-order valence-electron chi connectivity index (χ3n) is 4.85. The van der Waals surface area contributed by atoms with E-state index in [1.165, 1.54) is 18.9 Å². The summed E-state index contributed by atoms with van der Waals surface area (Å²) in [7, 11) is 1.39. The van der Waals surface area contributed by atoms with E-state index in [1.807, 2.05) is 54.6 Å². The van der Waals surface area contributed by atoms with Crippen molar-refractivity contribution in [2.75, 3.05) is 7.11 Å². The van der Waals surface area contributed by atoms with E-state index in [4.69, 9.17) is 9.72 Å². The Bertz CT molecular complexity index is 1370. The van der Waals surface area contributed by atoms with Gasteiger partial charge >= 0.3 is 5.97 Å². The number of nitrogens with zero attached hydrogens (tertiary/aromatic N) is 5. The summed E-state index contributed by atoms with van der Waals surface area (Å²) in [6.07, 6.45) is 3.46. The van der Waals surface area contributed by atoms with Crippen LogP contribution >= 0.6 is 11.8 Å². The van der Waals surface area contributed by atoms with Crippen LogP contribution in [0.4, 0.5) is 0 Å². The second-order valence-electron chi connectivity index (χ2n) is 6.73. The molecule has 5 rings (SSSR count). The fourth-order valence-corrected chi connectivity index (χ4v) is 4.27.